The Hall–Kier alpha value is -0.960. The predicted molar refractivity (Wildman–Crippen MR) is 78.7 cm³/mol. The molecular formula is C17H25F2N. The molecule has 1 fully saturated rings. The highest BCUT2D eigenvalue weighted by Gasteiger charge is 2.24. The van der Waals surface area contributed by atoms with Crippen molar-refractivity contribution in [2.75, 3.05) is 6.54 Å². The molecule has 0 amide bonds. The van der Waals surface area contributed by atoms with Gasteiger partial charge in [-0.3, -0.25) is 0 Å². The molecule has 112 valence electrons. The molecule has 0 spiro atoms. The smallest absolute Gasteiger partial charge is 0.129 e. The standard InChI is InChI=1S/C17H25F2N/c1-2-12-20-17(13-6-3-4-7-13)11-10-14-15(18)8-5-9-16(14)19/h5,8-9,13,17,20H,2-4,6-7,10-12H2,1H3. The van der Waals surface area contributed by atoms with Gasteiger partial charge in [-0.05, 0) is 56.7 Å². The minimum Gasteiger partial charge on any atom is -0.314 e. The molecule has 1 aromatic carbocycles. The molecule has 1 aromatic rings. The van der Waals surface area contributed by atoms with E-state index in [1.807, 2.05) is 0 Å². The fourth-order valence-corrected chi connectivity index (χ4v) is 3.26. The van der Waals surface area contributed by atoms with E-state index in [9.17, 15) is 8.78 Å². The van der Waals surface area contributed by atoms with Crippen LogP contribution in [0, 0.1) is 17.6 Å². The lowest BCUT2D eigenvalue weighted by Crippen LogP contribution is -2.36. The molecule has 1 unspecified atom stereocenters. The topological polar surface area (TPSA) is 12.0 Å². The van der Waals surface area contributed by atoms with Gasteiger partial charge in [0.25, 0.3) is 0 Å². The first-order valence-electron chi connectivity index (χ1n) is 7.88. The molecule has 3 heteroatoms. The summed E-state index contributed by atoms with van der Waals surface area (Å²) in [5.74, 6) is -0.146. The number of rotatable bonds is 7. The number of hydrogen-bond acceptors (Lipinski definition) is 1. The van der Waals surface area contributed by atoms with E-state index in [0.29, 0.717) is 18.4 Å². The summed E-state index contributed by atoms with van der Waals surface area (Å²) in [5.41, 5.74) is 0.244. The minimum atomic E-state index is -0.411. The summed E-state index contributed by atoms with van der Waals surface area (Å²) in [7, 11) is 0. The molecule has 0 aliphatic heterocycles. The largest absolute Gasteiger partial charge is 0.314 e. The highest BCUT2D eigenvalue weighted by molar-refractivity contribution is 5.19. The Labute approximate surface area is 120 Å². The highest BCUT2D eigenvalue weighted by atomic mass is 19.1. The van der Waals surface area contributed by atoms with Crippen molar-refractivity contribution in [2.24, 2.45) is 5.92 Å². The van der Waals surface area contributed by atoms with Gasteiger partial charge in [-0.25, -0.2) is 8.78 Å². The van der Waals surface area contributed by atoms with Gasteiger partial charge in [0.1, 0.15) is 11.6 Å². The average Bonchev–Trinajstić information content (AvgIpc) is 2.95. The van der Waals surface area contributed by atoms with Crippen molar-refractivity contribution in [2.45, 2.75) is 57.9 Å². The van der Waals surface area contributed by atoms with Crippen molar-refractivity contribution < 1.29 is 8.78 Å². The highest BCUT2D eigenvalue weighted by Crippen LogP contribution is 2.30. The Kier molecular flexibility index (Phi) is 5.96. The first-order chi connectivity index (χ1) is 9.72. The fourth-order valence-electron chi connectivity index (χ4n) is 3.26. The van der Waals surface area contributed by atoms with E-state index in [2.05, 4.69) is 12.2 Å². The summed E-state index contributed by atoms with van der Waals surface area (Å²) < 4.78 is 27.3. The van der Waals surface area contributed by atoms with Crippen LogP contribution in [-0.2, 0) is 6.42 Å². The zero-order valence-electron chi connectivity index (χ0n) is 12.3. The summed E-state index contributed by atoms with van der Waals surface area (Å²) >= 11 is 0. The van der Waals surface area contributed by atoms with Crippen molar-refractivity contribution in [3.8, 4) is 0 Å². The van der Waals surface area contributed by atoms with E-state index >= 15 is 0 Å². The molecular weight excluding hydrogens is 256 g/mol. The molecule has 2 rings (SSSR count). The van der Waals surface area contributed by atoms with Gasteiger partial charge in [0, 0.05) is 11.6 Å². The summed E-state index contributed by atoms with van der Waals surface area (Å²) in [5, 5.41) is 3.58. The second kappa shape index (κ2) is 7.72. The van der Waals surface area contributed by atoms with Crippen LogP contribution in [0.3, 0.4) is 0 Å². The van der Waals surface area contributed by atoms with Gasteiger partial charge in [-0.15, -0.1) is 0 Å². The summed E-state index contributed by atoms with van der Waals surface area (Å²) in [4.78, 5) is 0. The third-order valence-corrected chi connectivity index (χ3v) is 4.39. The molecule has 0 bridgehead atoms. The number of hydrogen-bond donors (Lipinski definition) is 1. The van der Waals surface area contributed by atoms with Crippen LogP contribution in [0.5, 0.6) is 0 Å². The fraction of sp³-hybridized carbons (Fsp3) is 0.647. The van der Waals surface area contributed by atoms with Crippen LogP contribution in [0.25, 0.3) is 0 Å². The number of nitrogens with one attached hydrogen (secondary N) is 1. The predicted octanol–water partition coefficient (Wildman–Crippen LogP) is 4.46. The Balaban J connectivity index is 1.96. The summed E-state index contributed by atoms with van der Waals surface area (Å²) in [6.45, 7) is 3.14. The summed E-state index contributed by atoms with van der Waals surface area (Å²) in [6.07, 6.45) is 7.49. The van der Waals surface area contributed by atoms with E-state index in [1.165, 1.54) is 43.9 Å². The quantitative estimate of drug-likeness (QED) is 0.778. The maximum Gasteiger partial charge on any atom is 0.129 e. The lowest BCUT2D eigenvalue weighted by atomic mass is 9.92. The van der Waals surface area contributed by atoms with Crippen molar-refractivity contribution in [3.05, 3.63) is 35.4 Å². The Morgan fingerprint density at radius 3 is 2.45 bits per heavy atom. The number of halogens is 2. The molecule has 1 saturated carbocycles. The van der Waals surface area contributed by atoms with Crippen LogP contribution >= 0.6 is 0 Å². The van der Waals surface area contributed by atoms with Gasteiger partial charge in [0.15, 0.2) is 0 Å². The van der Waals surface area contributed by atoms with Crippen LogP contribution < -0.4 is 5.32 Å². The van der Waals surface area contributed by atoms with Gasteiger partial charge >= 0.3 is 0 Å². The van der Waals surface area contributed by atoms with Crippen LogP contribution in [0.1, 0.15) is 51.0 Å². The van der Waals surface area contributed by atoms with E-state index in [0.717, 1.165) is 19.4 Å². The molecule has 1 N–H and O–H groups in total. The second-order valence-corrected chi connectivity index (χ2v) is 5.84. The van der Waals surface area contributed by atoms with Crippen molar-refractivity contribution in [1.82, 2.24) is 5.32 Å². The van der Waals surface area contributed by atoms with E-state index in [1.54, 1.807) is 0 Å². The maximum atomic E-state index is 13.7. The number of benzene rings is 1. The second-order valence-electron chi connectivity index (χ2n) is 5.84. The van der Waals surface area contributed by atoms with E-state index < -0.39 is 11.6 Å². The Bertz CT molecular complexity index is 393. The van der Waals surface area contributed by atoms with Gasteiger partial charge in [0.05, 0.1) is 0 Å². The monoisotopic (exact) mass is 281 g/mol. The maximum absolute atomic E-state index is 13.7. The van der Waals surface area contributed by atoms with Crippen LogP contribution in [0.2, 0.25) is 0 Å². The first kappa shape index (κ1) is 15.4. The average molecular weight is 281 g/mol. The van der Waals surface area contributed by atoms with E-state index in [-0.39, 0.29) is 5.56 Å². The summed E-state index contributed by atoms with van der Waals surface area (Å²) in [6, 6.07) is 4.53. The van der Waals surface area contributed by atoms with Gasteiger partial charge < -0.3 is 5.32 Å². The normalized spacial score (nSPS) is 17.6. The SMILES string of the molecule is CCCNC(CCc1c(F)cccc1F)C1CCCC1. The van der Waals surface area contributed by atoms with Crippen LogP contribution in [0.15, 0.2) is 18.2 Å². The van der Waals surface area contributed by atoms with Crippen molar-refractivity contribution >= 4 is 0 Å². The van der Waals surface area contributed by atoms with Crippen molar-refractivity contribution in [3.63, 3.8) is 0 Å². The van der Waals surface area contributed by atoms with Gasteiger partial charge in [-0.2, -0.15) is 0 Å². The van der Waals surface area contributed by atoms with Crippen molar-refractivity contribution in [1.29, 1.82) is 0 Å². The first-order valence-corrected chi connectivity index (χ1v) is 7.88. The molecule has 0 saturated heterocycles. The van der Waals surface area contributed by atoms with Gasteiger partial charge in [-0.1, -0.05) is 25.8 Å². The molecule has 0 radical (unpaired) electrons. The molecule has 0 aromatic heterocycles. The molecule has 1 nitrogen and oxygen atoms in total. The molecule has 1 atom stereocenters. The zero-order chi connectivity index (χ0) is 14.4. The molecule has 1 aliphatic carbocycles. The molecule has 0 heterocycles. The van der Waals surface area contributed by atoms with Crippen LogP contribution in [-0.4, -0.2) is 12.6 Å². The van der Waals surface area contributed by atoms with Gasteiger partial charge in [0.2, 0.25) is 0 Å². The Morgan fingerprint density at radius 1 is 1.20 bits per heavy atom. The van der Waals surface area contributed by atoms with Crippen LogP contribution in [0.4, 0.5) is 8.78 Å². The lowest BCUT2D eigenvalue weighted by Gasteiger charge is -2.25. The molecule has 20 heavy (non-hydrogen) atoms. The minimum absolute atomic E-state index is 0.244. The molecule has 1 aliphatic rings. The Morgan fingerprint density at radius 2 is 1.85 bits per heavy atom. The lowest BCUT2D eigenvalue weighted by molar-refractivity contribution is 0.338. The van der Waals surface area contributed by atoms with E-state index in [4.69, 9.17) is 0 Å². The third-order valence-electron chi connectivity index (χ3n) is 4.39. The zero-order valence-corrected chi connectivity index (χ0v) is 12.3. The third kappa shape index (κ3) is 4.02.